The molecule has 0 radical (unpaired) electrons. The third-order valence-corrected chi connectivity index (χ3v) is 7.32. The number of carbonyl (C=O) groups excluding carboxylic acids is 5. The van der Waals surface area contributed by atoms with Crippen molar-refractivity contribution in [2.75, 3.05) is 20.1 Å². The summed E-state index contributed by atoms with van der Waals surface area (Å²) in [5, 5.41) is 1.21. The van der Waals surface area contributed by atoms with Gasteiger partial charge < -0.3 is 14.4 Å². The molecule has 230 valence electrons. The number of hydrazine groups is 1. The summed E-state index contributed by atoms with van der Waals surface area (Å²) in [6.45, 7) is 5.99. The summed E-state index contributed by atoms with van der Waals surface area (Å²) in [7, 11) is 1.50. The molecule has 11 nitrogen and oxygen atoms in total. The van der Waals surface area contributed by atoms with Gasteiger partial charge in [-0.25, -0.2) is 15.0 Å². The number of hydrogen-bond acceptors (Lipinski definition) is 8. The minimum Gasteiger partial charge on any atom is -0.460 e. The number of fused-ring (bicyclic) bond motifs is 1. The Morgan fingerprint density at radius 3 is 2.23 bits per heavy atom. The quantitative estimate of drug-likeness (QED) is 0.180. The van der Waals surface area contributed by atoms with E-state index in [1.807, 2.05) is 30.3 Å². The number of amides is 4. The molecular weight excluding hydrogens is 552 g/mol. The Labute approximate surface area is 252 Å². The van der Waals surface area contributed by atoms with Crippen molar-refractivity contribution in [3.05, 3.63) is 71.3 Å². The van der Waals surface area contributed by atoms with E-state index in [0.717, 1.165) is 5.56 Å². The normalized spacial score (nSPS) is 17.1. The monoisotopic (exact) mass is 592 g/mol. The molecule has 1 N–H and O–H groups in total. The van der Waals surface area contributed by atoms with Gasteiger partial charge in [-0.1, -0.05) is 42.5 Å². The lowest BCUT2D eigenvalue weighted by Crippen LogP contribution is -2.56. The molecule has 2 aliphatic heterocycles. The van der Waals surface area contributed by atoms with Crippen molar-refractivity contribution in [3.63, 3.8) is 0 Å². The number of urea groups is 1. The Balaban J connectivity index is 1.37. The van der Waals surface area contributed by atoms with E-state index >= 15 is 0 Å². The van der Waals surface area contributed by atoms with Crippen LogP contribution in [-0.2, 0) is 25.7 Å². The SMILES string of the molecule is CN(NC(CCCCN1C(=O)c2ccccc2C1=O)C(=O)OCc1ccccc1)C(=O)N1CCC[C@H]1C(=O)OC(C)(C)C. The van der Waals surface area contributed by atoms with Crippen LogP contribution < -0.4 is 5.43 Å². The van der Waals surface area contributed by atoms with Crippen LogP contribution in [0.15, 0.2) is 54.6 Å². The lowest BCUT2D eigenvalue weighted by Gasteiger charge is -2.32. The van der Waals surface area contributed by atoms with Gasteiger partial charge in [0.25, 0.3) is 11.8 Å². The molecule has 2 heterocycles. The topological polar surface area (TPSA) is 126 Å². The van der Waals surface area contributed by atoms with E-state index in [1.54, 1.807) is 45.0 Å². The molecule has 0 aromatic heterocycles. The van der Waals surface area contributed by atoms with E-state index in [1.165, 1.54) is 21.9 Å². The fourth-order valence-electron chi connectivity index (χ4n) is 5.22. The third-order valence-electron chi connectivity index (χ3n) is 7.32. The average Bonchev–Trinajstić information content (AvgIpc) is 3.56. The van der Waals surface area contributed by atoms with E-state index < -0.39 is 35.7 Å². The molecule has 4 amide bonds. The molecular formula is C32H40N4O7. The third kappa shape index (κ3) is 7.98. The Morgan fingerprint density at radius 2 is 1.60 bits per heavy atom. The molecule has 0 spiro atoms. The molecule has 0 aliphatic carbocycles. The van der Waals surface area contributed by atoms with Gasteiger partial charge in [0.05, 0.1) is 11.1 Å². The Morgan fingerprint density at radius 1 is 0.977 bits per heavy atom. The average molecular weight is 593 g/mol. The first-order valence-electron chi connectivity index (χ1n) is 14.7. The first kappa shape index (κ1) is 31.7. The highest BCUT2D eigenvalue weighted by Gasteiger charge is 2.39. The van der Waals surface area contributed by atoms with Gasteiger partial charge in [-0.3, -0.25) is 24.3 Å². The number of nitrogens with one attached hydrogen (secondary N) is 1. The number of esters is 2. The Kier molecular flexibility index (Phi) is 10.2. The summed E-state index contributed by atoms with van der Waals surface area (Å²) in [6, 6.07) is 13.9. The van der Waals surface area contributed by atoms with Gasteiger partial charge in [0.2, 0.25) is 0 Å². The van der Waals surface area contributed by atoms with Gasteiger partial charge in [0.1, 0.15) is 24.3 Å². The zero-order chi connectivity index (χ0) is 31.1. The van der Waals surface area contributed by atoms with Crippen LogP contribution >= 0.6 is 0 Å². The highest BCUT2D eigenvalue weighted by atomic mass is 16.6. The zero-order valence-corrected chi connectivity index (χ0v) is 25.2. The van der Waals surface area contributed by atoms with Crippen molar-refractivity contribution < 1.29 is 33.4 Å². The van der Waals surface area contributed by atoms with Crippen molar-refractivity contribution >= 4 is 29.8 Å². The van der Waals surface area contributed by atoms with Crippen LogP contribution in [0.1, 0.15) is 79.2 Å². The summed E-state index contributed by atoms with van der Waals surface area (Å²) in [4.78, 5) is 67.4. The van der Waals surface area contributed by atoms with Crippen molar-refractivity contribution in [3.8, 4) is 0 Å². The lowest BCUT2D eigenvalue weighted by atomic mass is 10.1. The maximum atomic E-state index is 13.4. The molecule has 1 saturated heterocycles. The van der Waals surface area contributed by atoms with E-state index in [9.17, 15) is 24.0 Å². The fourth-order valence-corrected chi connectivity index (χ4v) is 5.22. The van der Waals surface area contributed by atoms with Gasteiger partial charge in [0, 0.05) is 20.1 Å². The van der Waals surface area contributed by atoms with Crippen LogP contribution in [0.25, 0.3) is 0 Å². The van der Waals surface area contributed by atoms with Crippen molar-refractivity contribution in [1.82, 2.24) is 20.2 Å². The number of carbonyl (C=O) groups is 5. The number of rotatable bonds is 11. The van der Waals surface area contributed by atoms with E-state index in [0.29, 0.717) is 43.4 Å². The van der Waals surface area contributed by atoms with Crippen LogP contribution in [0.3, 0.4) is 0 Å². The predicted molar refractivity (Wildman–Crippen MR) is 158 cm³/mol. The minimum absolute atomic E-state index is 0.0669. The first-order valence-corrected chi connectivity index (χ1v) is 14.7. The molecule has 4 rings (SSSR count). The molecule has 0 saturated carbocycles. The molecule has 2 aromatic carbocycles. The molecule has 1 fully saturated rings. The maximum Gasteiger partial charge on any atom is 0.334 e. The molecule has 1 unspecified atom stereocenters. The largest absolute Gasteiger partial charge is 0.460 e. The second kappa shape index (κ2) is 13.8. The second-order valence-electron chi connectivity index (χ2n) is 11.8. The molecule has 2 atom stereocenters. The zero-order valence-electron chi connectivity index (χ0n) is 25.2. The first-order chi connectivity index (χ1) is 20.5. The lowest BCUT2D eigenvalue weighted by molar-refractivity contribution is -0.159. The highest BCUT2D eigenvalue weighted by Crippen LogP contribution is 2.24. The van der Waals surface area contributed by atoms with Gasteiger partial charge in [-0.2, -0.15) is 0 Å². The van der Waals surface area contributed by atoms with Crippen molar-refractivity contribution in [2.24, 2.45) is 0 Å². The summed E-state index contributed by atoms with van der Waals surface area (Å²) >= 11 is 0. The molecule has 2 aliphatic rings. The molecule has 0 bridgehead atoms. The van der Waals surface area contributed by atoms with Gasteiger partial charge in [-0.05, 0) is 70.6 Å². The van der Waals surface area contributed by atoms with E-state index in [4.69, 9.17) is 9.47 Å². The highest BCUT2D eigenvalue weighted by molar-refractivity contribution is 6.21. The summed E-state index contributed by atoms with van der Waals surface area (Å²) in [6.07, 6.45) is 2.36. The minimum atomic E-state index is -0.887. The molecule has 2 aromatic rings. The van der Waals surface area contributed by atoms with Crippen molar-refractivity contribution in [2.45, 2.75) is 77.2 Å². The number of imide groups is 1. The second-order valence-corrected chi connectivity index (χ2v) is 11.8. The standard InChI is InChI=1S/C32H40N4O7/c1-32(2,3)43-30(40)26-18-12-20-35(26)31(41)34(4)33-25(29(39)42-21-22-13-6-5-7-14-22)17-10-11-19-36-27(37)23-15-8-9-16-24(23)28(36)38/h5-9,13-16,25-26,33H,10-12,17-21H2,1-4H3/t25?,26-/m0/s1. The predicted octanol–water partition coefficient (Wildman–Crippen LogP) is 3.93. The van der Waals surface area contributed by atoms with Gasteiger partial charge in [0.15, 0.2) is 0 Å². The summed E-state index contributed by atoms with van der Waals surface area (Å²) < 4.78 is 11.1. The number of likely N-dealkylation sites (tertiary alicyclic amines) is 1. The number of unbranched alkanes of at least 4 members (excludes halogenated alkanes) is 1. The fraction of sp³-hybridized carbons (Fsp3) is 0.469. The van der Waals surface area contributed by atoms with Crippen LogP contribution in [-0.4, -0.2) is 82.4 Å². The summed E-state index contributed by atoms with van der Waals surface area (Å²) in [5.41, 5.74) is 3.89. The number of hydrogen-bond donors (Lipinski definition) is 1. The smallest absolute Gasteiger partial charge is 0.334 e. The van der Waals surface area contributed by atoms with Crippen molar-refractivity contribution in [1.29, 1.82) is 0 Å². The Bertz CT molecular complexity index is 1310. The Hall–Kier alpha value is -4.25. The maximum absolute atomic E-state index is 13.4. The van der Waals surface area contributed by atoms with E-state index in [-0.39, 0.29) is 31.4 Å². The van der Waals surface area contributed by atoms with Crippen LogP contribution in [0.5, 0.6) is 0 Å². The summed E-state index contributed by atoms with van der Waals surface area (Å²) in [5.74, 6) is -1.66. The molecule has 11 heteroatoms. The van der Waals surface area contributed by atoms with Crippen LogP contribution in [0, 0.1) is 0 Å². The van der Waals surface area contributed by atoms with Gasteiger partial charge in [-0.15, -0.1) is 0 Å². The van der Waals surface area contributed by atoms with Crippen LogP contribution in [0.2, 0.25) is 0 Å². The van der Waals surface area contributed by atoms with Crippen LogP contribution in [0.4, 0.5) is 4.79 Å². The number of nitrogens with zero attached hydrogens (tertiary/aromatic N) is 3. The van der Waals surface area contributed by atoms with Gasteiger partial charge >= 0.3 is 18.0 Å². The van der Waals surface area contributed by atoms with E-state index in [2.05, 4.69) is 5.43 Å². The molecule has 43 heavy (non-hydrogen) atoms. The number of ether oxygens (including phenoxy) is 2. The number of benzene rings is 2.